The van der Waals surface area contributed by atoms with Crippen LogP contribution in [0.25, 0.3) is 0 Å². The maximum absolute atomic E-state index is 12.5. The van der Waals surface area contributed by atoms with E-state index in [1.807, 2.05) is 11.9 Å². The van der Waals surface area contributed by atoms with E-state index in [0.717, 1.165) is 57.9 Å². The van der Waals surface area contributed by atoms with Crippen molar-refractivity contribution in [2.45, 2.75) is 25.4 Å². The molecule has 162 valence electrons. The quantitative estimate of drug-likeness (QED) is 0.369. The smallest absolute Gasteiger partial charge is 0.251 e. The van der Waals surface area contributed by atoms with Gasteiger partial charge in [-0.1, -0.05) is 12.1 Å². The fourth-order valence-corrected chi connectivity index (χ4v) is 3.73. The fourth-order valence-electron chi connectivity index (χ4n) is 3.73. The lowest BCUT2D eigenvalue weighted by Gasteiger charge is -2.37. The molecule has 1 atom stereocenters. The van der Waals surface area contributed by atoms with Gasteiger partial charge in [-0.15, -0.1) is 24.0 Å². The Morgan fingerprint density at radius 2 is 1.83 bits per heavy atom. The number of piperazine rings is 1. The van der Waals surface area contributed by atoms with Crippen LogP contribution in [0.2, 0.25) is 0 Å². The summed E-state index contributed by atoms with van der Waals surface area (Å²) < 4.78 is 5.54. The van der Waals surface area contributed by atoms with Crippen LogP contribution in [0.5, 0.6) is 0 Å². The maximum atomic E-state index is 12.5. The van der Waals surface area contributed by atoms with Gasteiger partial charge in [-0.05, 0) is 37.0 Å². The number of ether oxygens (including phenoxy) is 1. The molecule has 2 aliphatic heterocycles. The number of hydrogen-bond acceptors (Lipinski definition) is 4. The van der Waals surface area contributed by atoms with Crippen molar-refractivity contribution in [1.82, 2.24) is 15.1 Å². The number of nitrogens with one attached hydrogen (secondary N) is 1. The number of guanidine groups is 1. The van der Waals surface area contributed by atoms with Crippen LogP contribution < -0.4 is 10.2 Å². The van der Waals surface area contributed by atoms with E-state index >= 15 is 0 Å². The second-order valence-corrected chi connectivity index (χ2v) is 7.60. The average Bonchev–Trinajstić information content (AvgIpc) is 3.26. The lowest BCUT2D eigenvalue weighted by atomic mass is 10.1. The summed E-state index contributed by atoms with van der Waals surface area (Å²) in [5.74, 6) is 1.07. The van der Waals surface area contributed by atoms with Gasteiger partial charge in [0.05, 0.1) is 0 Å². The first-order valence-corrected chi connectivity index (χ1v) is 10.2. The van der Waals surface area contributed by atoms with Gasteiger partial charge in [0.25, 0.3) is 5.91 Å². The molecule has 29 heavy (non-hydrogen) atoms. The minimum absolute atomic E-state index is 0. The molecule has 0 aliphatic carbocycles. The Hall–Kier alpha value is -1.55. The van der Waals surface area contributed by atoms with Crippen LogP contribution in [-0.4, -0.2) is 88.2 Å². The molecule has 2 saturated heterocycles. The summed E-state index contributed by atoms with van der Waals surface area (Å²) in [4.78, 5) is 23.2. The molecule has 7 nitrogen and oxygen atoms in total. The zero-order chi connectivity index (χ0) is 19.9. The highest BCUT2D eigenvalue weighted by molar-refractivity contribution is 14.0. The molecule has 0 aromatic heterocycles. The number of benzene rings is 1. The molecular formula is C21H34IN5O2. The van der Waals surface area contributed by atoms with Gasteiger partial charge in [0.2, 0.25) is 0 Å². The molecule has 3 rings (SSSR count). The van der Waals surface area contributed by atoms with Gasteiger partial charge in [-0.25, -0.2) is 0 Å². The molecule has 1 aromatic carbocycles. The third kappa shape index (κ3) is 6.47. The van der Waals surface area contributed by atoms with Crippen molar-refractivity contribution >= 4 is 41.5 Å². The molecule has 2 aliphatic rings. The van der Waals surface area contributed by atoms with Crippen LogP contribution >= 0.6 is 24.0 Å². The van der Waals surface area contributed by atoms with Crippen molar-refractivity contribution in [1.29, 1.82) is 0 Å². The van der Waals surface area contributed by atoms with Gasteiger partial charge in [0.1, 0.15) is 6.10 Å². The van der Waals surface area contributed by atoms with E-state index in [1.54, 1.807) is 0 Å². The van der Waals surface area contributed by atoms with E-state index in [2.05, 4.69) is 58.5 Å². The zero-order valence-corrected chi connectivity index (χ0v) is 20.1. The highest BCUT2D eigenvalue weighted by Crippen LogP contribution is 2.16. The van der Waals surface area contributed by atoms with Crippen LogP contribution in [0.1, 0.15) is 18.4 Å². The standard InChI is InChI=1S/C21H33N5O2.HI/c1-22-21(23-11-10-17-6-8-18(9-7-17)24(2)3)26-14-12-25(13-15-26)20(27)19-5-4-16-28-19;/h6-9,19H,4-5,10-16H2,1-3H3,(H,22,23);1H. The SMILES string of the molecule is CN=C(NCCc1ccc(N(C)C)cc1)N1CCN(C(=O)C2CCCO2)CC1.I. The van der Waals surface area contributed by atoms with Crippen LogP contribution in [0.3, 0.4) is 0 Å². The molecular weight excluding hydrogens is 481 g/mol. The minimum Gasteiger partial charge on any atom is -0.378 e. The van der Waals surface area contributed by atoms with Gasteiger partial charge in [-0.3, -0.25) is 9.79 Å². The van der Waals surface area contributed by atoms with Gasteiger partial charge in [0, 0.05) is 66.2 Å². The van der Waals surface area contributed by atoms with E-state index < -0.39 is 0 Å². The summed E-state index contributed by atoms with van der Waals surface area (Å²) >= 11 is 0. The lowest BCUT2D eigenvalue weighted by Crippen LogP contribution is -2.55. The molecule has 2 heterocycles. The van der Waals surface area contributed by atoms with E-state index in [0.29, 0.717) is 6.61 Å². The summed E-state index contributed by atoms with van der Waals surface area (Å²) in [6.45, 7) is 4.61. The Morgan fingerprint density at radius 3 is 2.38 bits per heavy atom. The predicted octanol–water partition coefficient (Wildman–Crippen LogP) is 1.81. The van der Waals surface area contributed by atoms with Crippen molar-refractivity contribution in [3.8, 4) is 0 Å². The second kappa shape index (κ2) is 11.6. The molecule has 1 N–H and O–H groups in total. The molecule has 0 bridgehead atoms. The first-order valence-electron chi connectivity index (χ1n) is 10.2. The Bertz CT molecular complexity index is 666. The monoisotopic (exact) mass is 515 g/mol. The Kier molecular flexibility index (Phi) is 9.48. The molecule has 1 amide bonds. The number of carbonyl (C=O) groups excluding carboxylic acids is 1. The Morgan fingerprint density at radius 1 is 1.17 bits per heavy atom. The van der Waals surface area contributed by atoms with E-state index in [4.69, 9.17) is 4.74 Å². The summed E-state index contributed by atoms with van der Waals surface area (Å²) in [7, 11) is 5.92. The summed E-state index contributed by atoms with van der Waals surface area (Å²) in [5, 5.41) is 3.46. The number of halogens is 1. The van der Waals surface area contributed by atoms with Crippen LogP contribution in [0.15, 0.2) is 29.3 Å². The molecule has 1 aromatic rings. The third-order valence-corrected chi connectivity index (χ3v) is 5.46. The molecule has 8 heteroatoms. The predicted molar refractivity (Wildman–Crippen MR) is 128 cm³/mol. The maximum Gasteiger partial charge on any atom is 0.251 e. The number of carbonyl (C=O) groups is 1. The topological polar surface area (TPSA) is 60.4 Å². The van der Waals surface area contributed by atoms with E-state index in [9.17, 15) is 4.79 Å². The number of hydrogen-bond donors (Lipinski definition) is 1. The van der Waals surface area contributed by atoms with Gasteiger partial charge in [-0.2, -0.15) is 0 Å². The van der Waals surface area contributed by atoms with Crippen LogP contribution in [0, 0.1) is 0 Å². The van der Waals surface area contributed by atoms with Gasteiger partial charge >= 0.3 is 0 Å². The Balaban J connectivity index is 0.00000300. The largest absolute Gasteiger partial charge is 0.378 e. The molecule has 0 spiro atoms. The van der Waals surface area contributed by atoms with Crippen molar-refractivity contribution in [3.05, 3.63) is 29.8 Å². The van der Waals surface area contributed by atoms with Crippen LogP contribution in [-0.2, 0) is 16.0 Å². The van der Waals surface area contributed by atoms with Crippen LogP contribution in [0.4, 0.5) is 5.69 Å². The number of rotatable bonds is 5. The first-order chi connectivity index (χ1) is 13.6. The van der Waals surface area contributed by atoms with Gasteiger partial charge in [0.15, 0.2) is 5.96 Å². The van der Waals surface area contributed by atoms with Crippen molar-refractivity contribution < 1.29 is 9.53 Å². The van der Waals surface area contributed by atoms with Crippen molar-refractivity contribution in [2.75, 3.05) is 65.4 Å². The molecule has 1 unspecified atom stereocenters. The zero-order valence-electron chi connectivity index (χ0n) is 17.8. The summed E-state index contributed by atoms with van der Waals surface area (Å²) in [5.41, 5.74) is 2.52. The summed E-state index contributed by atoms with van der Waals surface area (Å²) in [6.07, 6.45) is 2.58. The molecule has 0 saturated carbocycles. The van der Waals surface area contributed by atoms with Crippen molar-refractivity contribution in [3.63, 3.8) is 0 Å². The fraction of sp³-hybridized carbons (Fsp3) is 0.619. The van der Waals surface area contributed by atoms with E-state index in [1.165, 1.54) is 11.3 Å². The molecule has 0 radical (unpaired) electrons. The van der Waals surface area contributed by atoms with Gasteiger partial charge < -0.3 is 24.8 Å². The Labute approximate surface area is 191 Å². The normalized spacial score (nSPS) is 19.7. The number of amides is 1. The number of aliphatic imine (C=N–C) groups is 1. The number of anilines is 1. The highest BCUT2D eigenvalue weighted by atomic mass is 127. The average molecular weight is 515 g/mol. The third-order valence-electron chi connectivity index (χ3n) is 5.46. The second-order valence-electron chi connectivity index (χ2n) is 7.60. The molecule has 2 fully saturated rings. The highest BCUT2D eigenvalue weighted by Gasteiger charge is 2.30. The van der Waals surface area contributed by atoms with E-state index in [-0.39, 0.29) is 36.0 Å². The summed E-state index contributed by atoms with van der Waals surface area (Å²) in [6, 6.07) is 8.65. The minimum atomic E-state index is -0.220. The number of nitrogens with zero attached hydrogens (tertiary/aromatic N) is 4. The van der Waals surface area contributed by atoms with Crippen molar-refractivity contribution in [2.24, 2.45) is 4.99 Å². The lowest BCUT2D eigenvalue weighted by molar-refractivity contribution is -0.142. The first kappa shape index (κ1) is 23.7.